The predicted octanol–water partition coefficient (Wildman–Crippen LogP) is 1.48. The first kappa shape index (κ1) is 14.2. The Morgan fingerprint density at radius 3 is 2.53 bits per heavy atom. The third-order valence-electron chi connectivity index (χ3n) is 3.07. The van der Waals surface area contributed by atoms with E-state index < -0.39 is 14.8 Å². The Hall–Kier alpha value is -1.18. The molecule has 0 atom stereocenters. The van der Waals surface area contributed by atoms with Gasteiger partial charge in [-0.25, -0.2) is 8.42 Å². The summed E-state index contributed by atoms with van der Waals surface area (Å²) in [5.74, 6) is 0.249. The molecule has 0 spiro atoms. The maximum Gasteiger partial charge on any atom is 0.269 e. The molecule has 1 aromatic carbocycles. The van der Waals surface area contributed by atoms with Gasteiger partial charge in [-0.15, -0.1) is 0 Å². The summed E-state index contributed by atoms with van der Waals surface area (Å²) in [5, 5.41) is 11.2. The molecule has 0 aliphatic carbocycles. The van der Waals surface area contributed by atoms with E-state index in [4.69, 9.17) is 11.6 Å². The Morgan fingerprint density at radius 1 is 1.32 bits per heavy atom. The number of rotatable bonds is 3. The van der Waals surface area contributed by atoms with Crippen molar-refractivity contribution >= 4 is 27.1 Å². The van der Waals surface area contributed by atoms with Gasteiger partial charge in [0, 0.05) is 36.8 Å². The van der Waals surface area contributed by atoms with Crippen LogP contribution in [0.4, 0.5) is 5.69 Å². The summed E-state index contributed by atoms with van der Waals surface area (Å²) in [6.07, 6.45) is 0. The van der Waals surface area contributed by atoms with Crippen LogP contribution in [0.25, 0.3) is 0 Å². The van der Waals surface area contributed by atoms with E-state index in [9.17, 15) is 18.5 Å². The van der Waals surface area contributed by atoms with E-state index >= 15 is 0 Å². The molecular weight excluding hydrogens is 292 g/mol. The fraction of sp³-hybridized carbons (Fsp3) is 0.455. The Kier molecular flexibility index (Phi) is 4.07. The molecule has 104 valence electrons. The molecule has 1 aliphatic rings. The summed E-state index contributed by atoms with van der Waals surface area (Å²) < 4.78 is 22.6. The number of hydrogen-bond acceptors (Lipinski definition) is 5. The summed E-state index contributed by atoms with van der Waals surface area (Å²) in [6.45, 7) is 1.29. The van der Waals surface area contributed by atoms with Gasteiger partial charge in [0.2, 0.25) is 0 Å². The quantitative estimate of drug-likeness (QED) is 0.624. The molecule has 0 radical (unpaired) electrons. The number of hydrogen-bond donors (Lipinski definition) is 0. The average Bonchev–Trinajstić information content (AvgIpc) is 2.34. The molecule has 19 heavy (non-hydrogen) atoms. The van der Waals surface area contributed by atoms with Gasteiger partial charge in [-0.05, 0) is 11.6 Å². The van der Waals surface area contributed by atoms with Crippen molar-refractivity contribution in [2.45, 2.75) is 6.54 Å². The van der Waals surface area contributed by atoms with E-state index in [0.29, 0.717) is 30.2 Å². The van der Waals surface area contributed by atoms with Gasteiger partial charge in [0.15, 0.2) is 9.84 Å². The number of halogens is 1. The monoisotopic (exact) mass is 304 g/mol. The number of nitro groups is 1. The summed E-state index contributed by atoms with van der Waals surface area (Å²) >= 11 is 6.01. The molecule has 0 unspecified atom stereocenters. The molecular formula is C11H13ClN2O4S. The fourth-order valence-corrected chi connectivity index (χ4v) is 3.40. The summed E-state index contributed by atoms with van der Waals surface area (Å²) in [5.41, 5.74) is 0.638. The van der Waals surface area contributed by atoms with E-state index in [0.717, 1.165) is 0 Å². The SMILES string of the molecule is O=[N+]([O-])c1ccc(Cl)c(CN2CCS(=O)(=O)CC2)c1. The van der Waals surface area contributed by atoms with Crippen molar-refractivity contribution in [2.24, 2.45) is 0 Å². The zero-order chi connectivity index (χ0) is 14.0. The molecule has 6 nitrogen and oxygen atoms in total. The second-order valence-electron chi connectivity index (χ2n) is 4.46. The van der Waals surface area contributed by atoms with Crippen LogP contribution in [0.2, 0.25) is 5.02 Å². The van der Waals surface area contributed by atoms with E-state index in [1.165, 1.54) is 18.2 Å². The Morgan fingerprint density at radius 2 is 1.95 bits per heavy atom. The minimum absolute atomic E-state index is 0.0102. The van der Waals surface area contributed by atoms with E-state index in [2.05, 4.69) is 0 Å². The van der Waals surface area contributed by atoms with Gasteiger partial charge in [0.1, 0.15) is 0 Å². The maximum atomic E-state index is 11.3. The molecule has 2 rings (SSSR count). The van der Waals surface area contributed by atoms with Gasteiger partial charge in [0.25, 0.3) is 5.69 Å². The predicted molar refractivity (Wildman–Crippen MR) is 72.0 cm³/mol. The van der Waals surface area contributed by atoms with Gasteiger partial charge in [-0.3, -0.25) is 15.0 Å². The van der Waals surface area contributed by atoms with Crippen molar-refractivity contribution < 1.29 is 13.3 Å². The minimum atomic E-state index is -2.92. The number of sulfone groups is 1. The van der Waals surface area contributed by atoms with Crippen LogP contribution in [-0.2, 0) is 16.4 Å². The lowest BCUT2D eigenvalue weighted by molar-refractivity contribution is -0.384. The first-order valence-electron chi connectivity index (χ1n) is 5.73. The number of benzene rings is 1. The fourth-order valence-electron chi connectivity index (χ4n) is 1.95. The third kappa shape index (κ3) is 3.65. The molecule has 0 N–H and O–H groups in total. The molecule has 0 bridgehead atoms. The molecule has 0 saturated carbocycles. The molecule has 1 aromatic rings. The van der Waals surface area contributed by atoms with Crippen LogP contribution in [-0.4, -0.2) is 42.8 Å². The van der Waals surface area contributed by atoms with Crippen LogP contribution in [0.3, 0.4) is 0 Å². The lowest BCUT2D eigenvalue weighted by Crippen LogP contribution is -2.39. The topological polar surface area (TPSA) is 80.5 Å². The summed E-state index contributed by atoms with van der Waals surface area (Å²) in [7, 11) is -2.92. The highest BCUT2D eigenvalue weighted by Gasteiger charge is 2.22. The van der Waals surface area contributed by atoms with Gasteiger partial charge in [0.05, 0.1) is 16.4 Å². The molecule has 0 amide bonds. The van der Waals surface area contributed by atoms with Crippen molar-refractivity contribution in [3.63, 3.8) is 0 Å². The van der Waals surface area contributed by atoms with Crippen LogP contribution < -0.4 is 0 Å². The maximum absolute atomic E-state index is 11.3. The first-order chi connectivity index (χ1) is 8.87. The lowest BCUT2D eigenvalue weighted by Gasteiger charge is -2.26. The molecule has 1 fully saturated rings. The zero-order valence-corrected chi connectivity index (χ0v) is 11.7. The largest absolute Gasteiger partial charge is 0.297 e. The van der Waals surface area contributed by atoms with Crippen molar-refractivity contribution in [1.29, 1.82) is 0 Å². The van der Waals surface area contributed by atoms with Crippen molar-refractivity contribution in [1.82, 2.24) is 4.90 Å². The van der Waals surface area contributed by atoms with Gasteiger partial charge in [-0.1, -0.05) is 11.6 Å². The smallest absolute Gasteiger partial charge is 0.269 e. The molecule has 8 heteroatoms. The van der Waals surface area contributed by atoms with Crippen molar-refractivity contribution in [3.05, 3.63) is 38.9 Å². The number of non-ortho nitro benzene ring substituents is 1. The molecule has 1 heterocycles. The third-order valence-corrected chi connectivity index (χ3v) is 5.05. The zero-order valence-electron chi connectivity index (χ0n) is 10.1. The van der Waals surface area contributed by atoms with E-state index in [1.54, 1.807) is 0 Å². The van der Waals surface area contributed by atoms with Crippen LogP contribution in [0, 0.1) is 10.1 Å². The first-order valence-corrected chi connectivity index (χ1v) is 7.93. The lowest BCUT2D eigenvalue weighted by atomic mass is 10.2. The van der Waals surface area contributed by atoms with Crippen molar-refractivity contribution in [3.8, 4) is 0 Å². The van der Waals surface area contributed by atoms with E-state index in [-0.39, 0.29) is 17.2 Å². The van der Waals surface area contributed by atoms with Crippen LogP contribution >= 0.6 is 11.6 Å². The molecule has 1 aliphatic heterocycles. The average molecular weight is 305 g/mol. The summed E-state index contributed by atoms with van der Waals surface area (Å²) in [6, 6.07) is 4.29. The Balaban J connectivity index is 2.11. The van der Waals surface area contributed by atoms with Gasteiger partial charge < -0.3 is 0 Å². The van der Waals surface area contributed by atoms with Crippen molar-refractivity contribution in [2.75, 3.05) is 24.6 Å². The van der Waals surface area contributed by atoms with Crippen LogP contribution in [0.1, 0.15) is 5.56 Å². The number of nitro benzene ring substituents is 1. The van der Waals surface area contributed by atoms with Gasteiger partial charge >= 0.3 is 0 Å². The van der Waals surface area contributed by atoms with Gasteiger partial charge in [-0.2, -0.15) is 0 Å². The molecule has 1 saturated heterocycles. The Labute approximate surface area is 116 Å². The second-order valence-corrected chi connectivity index (χ2v) is 7.17. The minimum Gasteiger partial charge on any atom is -0.297 e. The Bertz CT molecular complexity index is 589. The highest BCUT2D eigenvalue weighted by molar-refractivity contribution is 7.91. The number of nitrogens with zero attached hydrogens (tertiary/aromatic N) is 2. The van der Waals surface area contributed by atoms with Crippen LogP contribution in [0.15, 0.2) is 18.2 Å². The summed E-state index contributed by atoms with van der Waals surface area (Å²) in [4.78, 5) is 12.2. The normalized spacial score (nSPS) is 19.2. The highest BCUT2D eigenvalue weighted by atomic mass is 35.5. The highest BCUT2D eigenvalue weighted by Crippen LogP contribution is 2.23. The standard InChI is InChI=1S/C11H13ClN2O4S/c12-11-2-1-10(14(15)16)7-9(11)8-13-3-5-19(17,18)6-4-13/h1-2,7H,3-6,8H2. The second kappa shape index (κ2) is 5.44. The molecule has 0 aromatic heterocycles. The van der Waals surface area contributed by atoms with Crippen LogP contribution in [0.5, 0.6) is 0 Å². The van der Waals surface area contributed by atoms with E-state index in [1.807, 2.05) is 4.90 Å².